The van der Waals surface area contributed by atoms with Crippen molar-refractivity contribution < 1.29 is 9.90 Å². The average molecular weight is 351 g/mol. The first-order valence-electron chi connectivity index (χ1n) is 7.87. The Morgan fingerprint density at radius 2 is 2.17 bits per heavy atom. The number of hydrogen-bond donors (Lipinski definition) is 2. The number of carbonyl (C=O) groups is 1. The third-order valence-corrected chi connectivity index (χ3v) is 6.90. The lowest BCUT2D eigenvalue weighted by molar-refractivity contribution is 0.0946. The third-order valence-electron chi connectivity index (χ3n) is 4.57. The van der Waals surface area contributed by atoms with E-state index >= 15 is 0 Å². The molecule has 1 saturated carbocycles. The molecule has 0 spiro atoms. The zero-order chi connectivity index (χ0) is 16.4. The van der Waals surface area contributed by atoms with E-state index in [4.69, 9.17) is 0 Å². The number of amides is 1. The predicted octanol–water partition coefficient (Wildman–Crippen LogP) is 3.20. The fourth-order valence-electron chi connectivity index (χ4n) is 3.19. The molecule has 2 N–H and O–H groups in total. The van der Waals surface area contributed by atoms with Crippen molar-refractivity contribution in [1.29, 1.82) is 0 Å². The molecule has 0 aliphatic heterocycles. The van der Waals surface area contributed by atoms with Crippen molar-refractivity contribution in [2.75, 3.05) is 6.54 Å². The van der Waals surface area contributed by atoms with Gasteiger partial charge in [-0.15, -0.1) is 16.4 Å². The van der Waals surface area contributed by atoms with Gasteiger partial charge in [-0.25, -0.2) is 0 Å². The molecule has 2 aromatic rings. The maximum Gasteiger partial charge on any atom is 0.264 e. The standard InChI is InChI=1S/C16H21N3O2S2/c1-10-14(23-19-18-10)15(21)17-9-16(7-3-4-8-16)13-6-5-12(22-13)11(2)20/h5-6,11,20H,3-4,7-9H2,1-2H3,(H,17,21). The fraction of sp³-hybridized carbons (Fsp3) is 0.562. The van der Waals surface area contributed by atoms with Gasteiger partial charge in [0.2, 0.25) is 0 Å². The van der Waals surface area contributed by atoms with E-state index in [9.17, 15) is 9.90 Å². The van der Waals surface area contributed by atoms with Gasteiger partial charge in [-0.1, -0.05) is 17.3 Å². The number of thiophene rings is 1. The van der Waals surface area contributed by atoms with Crippen LogP contribution in [-0.2, 0) is 5.41 Å². The predicted molar refractivity (Wildman–Crippen MR) is 92.1 cm³/mol. The van der Waals surface area contributed by atoms with Crippen molar-refractivity contribution in [3.8, 4) is 0 Å². The van der Waals surface area contributed by atoms with Gasteiger partial charge in [0.15, 0.2) is 0 Å². The van der Waals surface area contributed by atoms with Gasteiger partial charge in [-0.05, 0) is 50.4 Å². The van der Waals surface area contributed by atoms with Crippen LogP contribution in [0.1, 0.15) is 63.8 Å². The highest BCUT2D eigenvalue weighted by Crippen LogP contribution is 2.44. The molecule has 1 aliphatic rings. The maximum absolute atomic E-state index is 12.4. The Kier molecular flexibility index (Phi) is 4.79. The van der Waals surface area contributed by atoms with Crippen LogP contribution in [0, 0.1) is 6.92 Å². The summed E-state index contributed by atoms with van der Waals surface area (Å²) in [6, 6.07) is 4.12. The molecule has 5 nitrogen and oxygen atoms in total. The summed E-state index contributed by atoms with van der Waals surface area (Å²) in [5, 5.41) is 16.7. The van der Waals surface area contributed by atoms with Gasteiger partial charge in [-0.3, -0.25) is 4.79 Å². The summed E-state index contributed by atoms with van der Waals surface area (Å²) in [6.07, 6.45) is 4.07. The molecule has 23 heavy (non-hydrogen) atoms. The van der Waals surface area contributed by atoms with Crippen LogP contribution in [-0.4, -0.2) is 27.1 Å². The molecule has 0 bridgehead atoms. The Morgan fingerprint density at radius 1 is 1.43 bits per heavy atom. The summed E-state index contributed by atoms with van der Waals surface area (Å²) >= 11 is 2.81. The Hall–Kier alpha value is -1.31. The zero-order valence-electron chi connectivity index (χ0n) is 13.3. The minimum absolute atomic E-state index is 0.000508. The van der Waals surface area contributed by atoms with Crippen LogP contribution in [0.3, 0.4) is 0 Å². The van der Waals surface area contributed by atoms with Crippen LogP contribution in [0.25, 0.3) is 0 Å². The van der Waals surface area contributed by atoms with Crippen LogP contribution in [0.15, 0.2) is 12.1 Å². The normalized spacial score (nSPS) is 18.0. The van der Waals surface area contributed by atoms with Crippen molar-refractivity contribution in [3.05, 3.63) is 32.5 Å². The number of hydrogen-bond acceptors (Lipinski definition) is 6. The summed E-state index contributed by atoms with van der Waals surface area (Å²) in [5.74, 6) is -0.0870. The smallest absolute Gasteiger partial charge is 0.264 e. The van der Waals surface area contributed by atoms with Crippen molar-refractivity contribution in [3.63, 3.8) is 0 Å². The monoisotopic (exact) mass is 351 g/mol. The molecule has 1 aliphatic carbocycles. The minimum atomic E-state index is -0.437. The molecule has 2 heterocycles. The van der Waals surface area contributed by atoms with E-state index < -0.39 is 6.10 Å². The lowest BCUT2D eigenvalue weighted by Crippen LogP contribution is -2.38. The lowest BCUT2D eigenvalue weighted by Gasteiger charge is -2.28. The second kappa shape index (κ2) is 6.67. The summed E-state index contributed by atoms with van der Waals surface area (Å²) < 4.78 is 3.83. The van der Waals surface area contributed by atoms with Crippen LogP contribution in [0.5, 0.6) is 0 Å². The average Bonchev–Trinajstić information content (AvgIpc) is 3.25. The summed E-state index contributed by atoms with van der Waals surface area (Å²) in [5.41, 5.74) is 0.680. The molecule has 124 valence electrons. The van der Waals surface area contributed by atoms with E-state index in [1.807, 2.05) is 6.07 Å². The molecular formula is C16H21N3O2S2. The second-order valence-corrected chi connectivity index (χ2v) is 8.11. The molecule has 1 fully saturated rings. The first-order chi connectivity index (χ1) is 11.0. The van der Waals surface area contributed by atoms with E-state index in [0.717, 1.165) is 29.3 Å². The van der Waals surface area contributed by atoms with Gasteiger partial charge in [0.25, 0.3) is 5.91 Å². The number of aliphatic hydroxyl groups is 1. The van der Waals surface area contributed by atoms with Crippen LogP contribution in [0.2, 0.25) is 0 Å². The third kappa shape index (κ3) is 3.32. The van der Waals surface area contributed by atoms with Crippen molar-refractivity contribution in [1.82, 2.24) is 14.9 Å². The van der Waals surface area contributed by atoms with E-state index in [0.29, 0.717) is 17.1 Å². The Bertz CT molecular complexity index is 687. The number of aliphatic hydroxyl groups excluding tert-OH is 1. The molecule has 1 amide bonds. The Morgan fingerprint density at radius 3 is 2.74 bits per heavy atom. The Balaban J connectivity index is 1.76. The topological polar surface area (TPSA) is 75.1 Å². The second-order valence-electron chi connectivity index (χ2n) is 6.24. The summed E-state index contributed by atoms with van der Waals surface area (Å²) in [7, 11) is 0. The van der Waals surface area contributed by atoms with Gasteiger partial charge in [0.05, 0.1) is 11.8 Å². The lowest BCUT2D eigenvalue weighted by atomic mass is 9.84. The number of nitrogens with zero attached hydrogens (tertiary/aromatic N) is 2. The summed E-state index contributed by atoms with van der Waals surface area (Å²) in [6.45, 7) is 4.22. The molecule has 0 saturated heterocycles. The fourth-order valence-corrected chi connectivity index (χ4v) is 4.96. The van der Waals surface area contributed by atoms with Crippen LogP contribution >= 0.6 is 22.9 Å². The molecule has 0 aromatic carbocycles. The molecule has 3 rings (SSSR count). The Labute approximate surface area is 143 Å². The number of nitrogens with one attached hydrogen (secondary N) is 1. The van der Waals surface area contributed by atoms with Gasteiger partial charge in [0.1, 0.15) is 4.88 Å². The molecule has 0 radical (unpaired) electrons. The van der Waals surface area contributed by atoms with Crippen LogP contribution < -0.4 is 5.32 Å². The number of carbonyl (C=O) groups excluding carboxylic acids is 1. The highest BCUT2D eigenvalue weighted by molar-refractivity contribution is 7.12. The number of aryl methyl sites for hydroxylation is 1. The number of aromatic nitrogens is 2. The first kappa shape index (κ1) is 16.5. The van der Waals surface area contributed by atoms with E-state index in [1.165, 1.54) is 17.7 Å². The quantitative estimate of drug-likeness (QED) is 0.867. The largest absolute Gasteiger partial charge is 0.388 e. The maximum atomic E-state index is 12.4. The zero-order valence-corrected chi connectivity index (χ0v) is 15.0. The summed E-state index contributed by atoms with van der Waals surface area (Å²) in [4.78, 5) is 15.2. The first-order valence-corrected chi connectivity index (χ1v) is 9.46. The van der Waals surface area contributed by atoms with Gasteiger partial charge in [0, 0.05) is 21.7 Å². The van der Waals surface area contributed by atoms with Crippen molar-refractivity contribution >= 4 is 28.8 Å². The van der Waals surface area contributed by atoms with E-state index in [-0.39, 0.29) is 11.3 Å². The van der Waals surface area contributed by atoms with Crippen molar-refractivity contribution in [2.24, 2.45) is 0 Å². The van der Waals surface area contributed by atoms with E-state index in [1.54, 1.807) is 25.2 Å². The van der Waals surface area contributed by atoms with Crippen LogP contribution in [0.4, 0.5) is 0 Å². The highest BCUT2D eigenvalue weighted by Gasteiger charge is 2.37. The molecular weight excluding hydrogens is 330 g/mol. The van der Waals surface area contributed by atoms with Gasteiger partial charge in [-0.2, -0.15) is 0 Å². The van der Waals surface area contributed by atoms with Crippen molar-refractivity contribution in [2.45, 2.75) is 51.0 Å². The molecule has 2 aromatic heterocycles. The highest BCUT2D eigenvalue weighted by atomic mass is 32.1. The molecule has 1 unspecified atom stereocenters. The molecule has 1 atom stereocenters. The van der Waals surface area contributed by atoms with Gasteiger partial charge >= 0.3 is 0 Å². The SMILES string of the molecule is Cc1nnsc1C(=O)NCC1(c2ccc(C(C)O)s2)CCCC1. The molecule has 7 heteroatoms. The van der Waals surface area contributed by atoms with E-state index in [2.05, 4.69) is 21.0 Å². The van der Waals surface area contributed by atoms with Gasteiger partial charge < -0.3 is 10.4 Å². The minimum Gasteiger partial charge on any atom is -0.388 e. The number of rotatable bonds is 5.